The highest BCUT2D eigenvalue weighted by molar-refractivity contribution is 7.18. The van der Waals surface area contributed by atoms with Crippen LogP contribution in [-0.4, -0.2) is 30.1 Å². The average Bonchev–Trinajstić information content (AvgIpc) is 3.18. The van der Waals surface area contributed by atoms with Gasteiger partial charge in [0.1, 0.15) is 15.5 Å². The topological polar surface area (TPSA) is 90.9 Å². The molecule has 0 radical (unpaired) electrons. The highest BCUT2D eigenvalue weighted by atomic mass is 32.1. The lowest BCUT2D eigenvalue weighted by Crippen LogP contribution is -2.23. The molecule has 3 rings (SSSR count). The second-order valence-corrected chi connectivity index (χ2v) is 9.29. The molecule has 1 aliphatic heterocycles. The summed E-state index contributed by atoms with van der Waals surface area (Å²) >= 11 is 1.09. The number of cyclic esters (lactones) is 1. The minimum absolute atomic E-state index is 0.252. The molecule has 1 atom stereocenters. The van der Waals surface area contributed by atoms with E-state index in [-0.39, 0.29) is 12.2 Å². The Kier molecular flexibility index (Phi) is 6.69. The summed E-state index contributed by atoms with van der Waals surface area (Å²) in [5.41, 5.74) is 1.18. The first kappa shape index (κ1) is 22.8. The van der Waals surface area contributed by atoms with Gasteiger partial charge in [-0.15, -0.1) is 11.3 Å². The standard InChI is InChI=1S/C23H27NO6S/c1-6-7-12-28-21(26)16-13(2)17(22(27)30-23(3,4)5)31-19(16)24-18-14-10-8-9-11-15(14)20(25)29-18/h8-11,18,24H,6-7,12H2,1-5H3. The number of hydrogen-bond donors (Lipinski definition) is 1. The summed E-state index contributed by atoms with van der Waals surface area (Å²) in [5.74, 6) is -1.49. The van der Waals surface area contributed by atoms with Crippen LogP contribution >= 0.6 is 11.3 Å². The summed E-state index contributed by atoms with van der Waals surface area (Å²) in [7, 11) is 0. The van der Waals surface area contributed by atoms with Gasteiger partial charge >= 0.3 is 17.9 Å². The quantitative estimate of drug-likeness (QED) is 0.354. The number of unbranched alkanes of at least 4 members (excludes halogenated alkanes) is 1. The SMILES string of the molecule is CCCCOC(=O)c1c(NC2OC(=O)c3ccccc32)sc(C(=O)OC(C)(C)C)c1C. The molecule has 1 N–H and O–H groups in total. The van der Waals surface area contributed by atoms with Crippen LogP contribution in [0.4, 0.5) is 5.00 Å². The maximum Gasteiger partial charge on any atom is 0.349 e. The Morgan fingerprint density at radius 1 is 1.19 bits per heavy atom. The van der Waals surface area contributed by atoms with E-state index >= 15 is 0 Å². The lowest BCUT2D eigenvalue weighted by molar-refractivity contribution is 0.00741. The van der Waals surface area contributed by atoms with Crippen molar-refractivity contribution in [1.82, 2.24) is 0 Å². The number of nitrogens with one attached hydrogen (secondary N) is 1. The van der Waals surface area contributed by atoms with Gasteiger partial charge in [-0.05, 0) is 45.7 Å². The molecule has 1 aliphatic rings. The lowest BCUT2D eigenvalue weighted by Gasteiger charge is -2.19. The largest absolute Gasteiger partial charge is 0.462 e. The predicted octanol–water partition coefficient (Wildman–Crippen LogP) is 5.25. The van der Waals surface area contributed by atoms with Crippen LogP contribution < -0.4 is 5.32 Å². The molecule has 0 saturated carbocycles. The lowest BCUT2D eigenvalue weighted by atomic mass is 10.1. The number of fused-ring (bicyclic) bond motifs is 1. The van der Waals surface area contributed by atoms with Gasteiger partial charge in [-0.3, -0.25) is 0 Å². The molecule has 2 aromatic rings. The van der Waals surface area contributed by atoms with Crippen LogP contribution in [0.25, 0.3) is 0 Å². The van der Waals surface area contributed by atoms with E-state index in [0.29, 0.717) is 26.6 Å². The molecule has 0 saturated heterocycles. The highest BCUT2D eigenvalue weighted by Gasteiger charge is 2.34. The summed E-state index contributed by atoms with van der Waals surface area (Å²) in [6.07, 6.45) is 0.860. The van der Waals surface area contributed by atoms with Crippen molar-refractivity contribution in [2.45, 2.75) is 59.3 Å². The summed E-state index contributed by atoms with van der Waals surface area (Å²) in [4.78, 5) is 38.1. The molecule has 0 aliphatic carbocycles. The molecule has 2 heterocycles. The third kappa shape index (κ3) is 5.07. The van der Waals surface area contributed by atoms with E-state index in [1.807, 2.05) is 6.92 Å². The second-order valence-electron chi connectivity index (χ2n) is 8.27. The van der Waals surface area contributed by atoms with E-state index in [0.717, 1.165) is 24.2 Å². The zero-order valence-electron chi connectivity index (χ0n) is 18.4. The van der Waals surface area contributed by atoms with Crippen molar-refractivity contribution >= 4 is 34.2 Å². The molecule has 31 heavy (non-hydrogen) atoms. The van der Waals surface area contributed by atoms with Crippen molar-refractivity contribution in [2.24, 2.45) is 0 Å². The fourth-order valence-electron chi connectivity index (χ4n) is 3.13. The maximum absolute atomic E-state index is 12.9. The molecule has 7 nitrogen and oxygen atoms in total. The van der Waals surface area contributed by atoms with Crippen molar-refractivity contribution < 1.29 is 28.6 Å². The van der Waals surface area contributed by atoms with Crippen LogP contribution in [0.5, 0.6) is 0 Å². The second kappa shape index (κ2) is 9.09. The summed E-state index contributed by atoms with van der Waals surface area (Å²) in [6.45, 7) is 9.31. The maximum atomic E-state index is 12.9. The van der Waals surface area contributed by atoms with Crippen LogP contribution in [0, 0.1) is 6.92 Å². The van der Waals surface area contributed by atoms with E-state index in [9.17, 15) is 14.4 Å². The first-order valence-corrected chi connectivity index (χ1v) is 11.0. The molecule has 166 valence electrons. The fraction of sp³-hybridized carbons (Fsp3) is 0.435. The molecular formula is C23H27NO6S. The van der Waals surface area contributed by atoms with E-state index in [2.05, 4.69) is 5.32 Å². The van der Waals surface area contributed by atoms with E-state index < -0.39 is 29.7 Å². The number of carbonyl (C=O) groups excluding carboxylic acids is 3. The Hall–Kier alpha value is -2.87. The Labute approximate surface area is 185 Å². The molecule has 8 heteroatoms. The minimum Gasteiger partial charge on any atom is -0.462 e. The smallest absolute Gasteiger partial charge is 0.349 e. The van der Waals surface area contributed by atoms with Crippen LogP contribution in [0.2, 0.25) is 0 Å². The fourth-order valence-corrected chi connectivity index (χ4v) is 4.22. The molecule has 0 fully saturated rings. The molecule has 1 unspecified atom stereocenters. The minimum atomic E-state index is -0.768. The van der Waals surface area contributed by atoms with Gasteiger partial charge < -0.3 is 19.5 Å². The van der Waals surface area contributed by atoms with Crippen molar-refractivity contribution in [3.05, 3.63) is 51.4 Å². The monoisotopic (exact) mass is 445 g/mol. The molecule has 1 aromatic carbocycles. The zero-order valence-corrected chi connectivity index (χ0v) is 19.2. The Morgan fingerprint density at radius 2 is 1.90 bits per heavy atom. The first-order valence-electron chi connectivity index (χ1n) is 10.2. The number of carbonyl (C=O) groups is 3. The number of thiophene rings is 1. The Morgan fingerprint density at radius 3 is 2.58 bits per heavy atom. The number of rotatable bonds is 7. The van der Waals surface area contributed by atoms with Crippen molar-refractivity contribution in [2.75, 3.05) is 11.9 Å². The van der Waals surface area contributed by atoms with E-state index in [1.54, 1.807) is 52.0 Å². The van der Waals surface area contributed by atoms with Crippen LogP contribution in [0.3, 0.4) is 0 Å². The number of ether oxygens (including phenoxy) is 3. The first-order chi connectivity index (χ1) is 14.6. The van der Waals surface area contributed by atoms with Crippen molar-refractivity contribution in [1.29, 1.82) is 0 Å². The van der Waals surface area contributed by atoms with Gasteiger partial charge in [0, 0.05) is 5.56 Å². The summed E-state index contributed by atoms with van der Waals surface area (Å²) in [5, 5.41) is 3.51. The number of anilines is 1. The van der Waals surface area contributed by atoms with Gasteiger partial charge in [-0.25, -0.2) is 14.4 Å². The molecule has 0 spiro atoms. The highest BCUT2D eigenvalue weighted by Crippen LogP contribution is 2.39. The Balaban J connectivity index is 1.96. The van der Waals surface area contributed by atoms with Crippen LogP contribution in [0.1, 0.15) is 88.3 Å². The number of esters is 3. The summed E-state index contributed by atoms with van der Waals surface area (Å²) < 4.78 is 16.4. The zero-order chi connectivity index (χ0) is 22.8. The van der Waals surface area contributed by atoms with Gasteiger partial charge in [0.2, 0.25) is 6.23 Å². The van der Waals surface area contributed by atoms with Gasteiger partial charge in [-0.1, -0.05) is 31.5 Å². The van der Waals surface area contributed by atoms with Crippen molar-refractivity contribution in [3.63, 3.8) is 0 Å². The predicted molar refractivity (Wildman–Crippen MR) is 118 cm³/mol. The number of benzene rings is 1. The van der Waals surface area contributed by atoms with Crippen molar-refractivity contribution in [3.8, 4) is 0 Å². The molecule has 0 amide bonds. The van der Waals surface area contributed by atoms with Crippen LogP contribution in [0.15, 0.2) is 24.3 Å². The average molecular weight is 446 g/mol. The third-order valence-electron chi connectivity index (χ3n) is 4.62. The van der Waals surface area contributed by atoms with E-state index in [4.69, 9.17) is 14.2 Å². The molecular weight excluding hydrogens is 418 g/mol. The van der Waals surface area contributed by atoms with Gasteiger partial charge in [-0.2, -0.15) is 0 Å². The molecule has 0 bridgehead atoms. The normalized spacial score (nSPS) is 15.3. The Bertz CT molecular complexity index is 1000. The van der Waals surface area contributed by atoms with Crippen LogP contribution in [-0.2, 0) is 14.2 Å². The summed E-state index contributed by atoms with van der Waals surface area (Å²) in [6, 6.07) is 7.04. The molecule has 1 aromatic heterocycles. The van der Waals surface area contributed by atoms with E-state index in [1.165, 1.54) is 0 Å². The van der Waals surface area contributed by atoms with Gasteiger partial charge in [0.25, 0.3) is 0 Å². The van der Waals surface area contributed by atoms with Gasteiger partial charge in [0.15, 0.2) is 0 Å². The number of hydrogen-bond acceptors (Lipinski definition) is 8. The van der Waals surface area contributed by atoms with Gasteiger partial charge in [0.05, 0.1) is 17.7 Å². The third-order valence-corrected chi connectivity index (χ3v) is 5.82.